The highest BCUT2D eigenvalue weighted by Gasteiger charge is 2.13. The van der Waals surface area contributed by atoms with Crippen LogP contribution < -0.4 is 9.47 Å². The molecule has 0 aromatic heterocycles. The lowest BCUT2D eigenvalue weighted by atomic mass is 9.99. The average molecular weight is 348 g/mol. The molecule has 0 N–H and O–H groups in total. The van der Waals surface area contributed by atoms with Gasteiger partial charge in [-0.15, -0.1) is 0 Å². The van der Waals surface area contributed by atoms with Gasteiger partial charge in [0.25, 0.3) is 0 Å². The lowest BCUT2D eigenvalue weighted by Crippen LogP contribution is -2.07. The van der Waals surface area contributed by atoms with E-state index in [9.17, 15) is 4.79 Å². The van der Waals surface area contributed by atoms with Crippen LogP contribution in [0.3, 0.4) is 0 Å². The molecule has 0 heterocycles. The van der Waals surface area contributed by atoms with E-state index in [1.54, 1.807) is 6.92 Å². The first-order valence-electron chi connectivity index (χ1n) is 8.88. The van der Waals surface area contributed by atoms with Crippen LogP contribution in [0.15, 0.2) is 60.4 Å². The van der Waals surface area contributed by atoms with Crippen molar-refractivity contribution in [2.24, 2.45) is 5.92 Å². The Morgan fingerprint density at radius 3 is 2.08 bits per heavy atom. The fourth-order valence-electron chi connectivity index (χ4n) is 3.25. The van der Waals surface area contributed by atoms with Gasteiger partial charge in [-0.3, -0.25) is 4.79 Å². The number of hydrogen-bond donors (Lipinski definition) is 0. The second-order valence-electron chi connectivity index (χ2n) is 6.80. The van der Waals surface area contributed by atoms with Gasteiger partial charge in [0.1, 0.15) is 23.0 Å². The van der Waals surface area contributed by atoms with Gasteiger partial charge in [-0.05, 0) is 80.8 Å². The fourth-order valence-corrected chi connectivity index (χ4v) is 3.25. The summed E-state index contributed by atoms with van der Waals surface area (Å²) in [4.78, 5) is 11.7. The molecule has 0 fully saturated rings. The lowest BCUT2D eigenvalue weighted by molar-refractivity contribution is 0.101. The number of Topliss-reactive ketones (excluding diaryl/α,β-unsaturated/α-hetero) is 1. The Bertz CT molecular complexity index is 850. The van der Waals surface area contributed by atoms with Crippen molar-refractivity contribution in [3.8, 4) is 17.2 Å². The Labute approximate surface area is 155 Å². The zero-order valence-electron chi connectivity index (χ0n) is 15.7. The van der Waals surface area contributed by atoms with Crippen molar-refractivity contribution in [3.63, 3.8) is 0 Å². The second kappa shape index (κ2) is 7.61. The molecule has 134 valence electrons. The molecule has 1 aliphatic rings. The molecule has 1 atom stereocenters. The number of hydrogen-bond acceptors (Lipinski definition) is 3. The monoisotopic (exact) mass is 348 g/mol. The third-order valence-corrected chi connectivity index (χ3v) is 4.53. The molecule has 0 spiro atoms. The van der Waals surface area contributed by atoms with Gasteiger partial charge in [-0.25, -0.2) is 0 Å². The van der Waals surface area contributed by atoms with Crippen LogP contribution in [-0.4, -0.2) is 5.78 Å². The van der Waals surface area contributed by atoms with Crippen molar-refractivity contribution < 1.29 is 14.3 Å². The normalized spacial score (nSPS) is 16.2. The van der Waals surface area contributed by atoms with Crippen molar-refractivity contribution >= 4 is 5.78 Å². The summed E-state index contributed by atoms with van der Waals surface area (Å²) in [5.74, 6) is 3.71. The minimum atomic E-state index is 0.0779. The number of aryl methyl sites for hydroxylation is 2. The standard InChI is InChI=1S/C23H24O3/c1-15-7-5-6-8-22(15)26-20-11-9-19(10-12-20)25-21-13-16(2)23(18(4)24)17(3)14-21/h5-6,8-15H,7H2,1-4H3. The van der Waals surface area contributed by atoms with Crippen molar-refractivity contribution in [2.45, 2.75) is 34.1 Å². The SMILES string of the molecule is CC(=O)c1c(C)cc(Oc2ccc(OC3=CC=CCC3C)cc2)cc1C. The highest BCUT2D eigenvalue weighted by Crippen LogP contribution is 2.29. The molecular weight excluding hydrogens is 324 g/mol. The molecule has 3 nitrogen and oxygen atoms in total. The van der Waals surface area contributed by atoms with Crippen LogP contribution in [0.5, 0.6) is 17.2 Å². The van der Waals surface area contributed by atoms with Crippen LogP contribution in [0.25, 0.3) is 0 Å². The Balaban J connectivity index is 1.73. The molecule has 1 aliphatic carbocycles. The number of carbonyl (C=O) groups is 1. The van der Waals surface area contributed by atoms with E-state index in [4.69, 9.17) is 9.47 Å². The summed E-state index contributed by atoms with van der Waals surface area (Å²) in [6.45, 7) is 7.61. The summed E-state index contributed by atoms with van der Waals surface area (Å²) in [7, 11) is 0. The minimum absolute atomic E-state index is 0.0779. The molecule has 0 radical (unpaired) electrons. The van der Waals surface area contributed by atoms with Crippen molar-refractivity contribution in [2.75, 3.05) is 0 Å². The van der Waals surface area contributed by atoms with Gasteiger partial charge in [0.15, 0.2) is 5.78 Å². The highest BCUT2D eigenvalue weighted by molar-refractivity contribution is 5.97. The number of ketones is 1. The van der Waals surface area contributed by atoms with Gasteiger partial charge in [0.05, 0.1) is 0 Å². The minimum Gasteiger partial charge on any atom is -0.461 e. The first-order valence-corrected chi connectivity index (χ1v) is 8.88. The molecule has 0 saturated carbocycles. The van der Waals surface area contributed by atoms with Crippen LogP contribution >= 0.6 is 0 Å². The summed E-state index contributed by atoms with van der Waals surface area (Å²) in [5, 5.41) is 0. The average Bonchev–Trinajstić information content (AvgIpc) is 2.57. The second-order valence-corrected chi connectivity index (χ2v) is 6.80. The van der Waals surface area contributed by atoms with Crippen molar-refractivity contribution in [1.29, 1.82) is 0 Å². The van der Waals surface area contributed by atoms with Crippen LogP contribution in [0, 0.1) is 19.8 Å². The molecule has 3 rings (SSSR count). The third-order valence-electron chi connectivity index (χ3n) is 4.53. The molecule has 0 bridgehead atoms. The van der Waals surface area contributed by atoms with Gasteiger partial charge in [0, 0.05) is 11.5 Å². The molecule has 0 saturated heterocycles. The molecule has 0 amide bonds. The molecule has 0 aliphatic heterocycles. The summed E-state index contributed by atoms with van der Waals surface area (Å²) >= 11 is 0. The molecular formula is C23H24O3. The van der Waals surface area contributed by atoms with E-state index in [0.29, 0.717) is 5.92 Å². The van der Waals surface area contributed by atoms with E-state index >= 15 is 0 Å². The molecule has 2 aromatic rings. The maximum atomic E-state index is 11.7. The van der Waals surface area contributed by atoms with E-state index in [2.05, 4.69) is 13.0 Å². The van der Waals surface area contributed by atoms with E-state index in [1.807, 2.05) is 62.4 Å². The predicted molar refractivity (Wildman–Crippen MR) is 104 cm³/mol. The predicted octanol–water partition coefficient (Wildman–Crippen LogP) is 6.16. The Hall–Kier alpha value is -2.81. The highest BCUT2D eigenvalue weighted by atomic mass is 16.5. The summed E-state index contributed by atoms with van der Waals surface area (Å²) in [6, 6.07) is 11.4. The van der Waals surface area contributed by atoms with Crippen LogP contribution in [0.4, 0.5) is 0 Å². The van der Waals surface area contributed by atoms with E-state index in [1.165, 1.54) is 0 Å². The lowest BCUT2D eigenvalue weighted by Gasteiger charge is -2.18. The van der Waals surface area contributed by atoms with Gasteiger partial charge in [-0.2, -0.15) is 0 Å². The Morgan fingerprint density at radius 2 is 1.54 bits per heavy atom. The molecule has 26 heavy (non-hydrogen) atoms. The van der Waals surface area contributed by atoms with Crippen molar-refractivity contribution in [3.05, 3.63) is 77.1 Å². The smallest absolute Gasteiger partial charge is 0.160 e. The maximum Gasteiger partial charge on any atom is 0.160 e. The first-order chi connectivity index (χ1) is 12.4. The van der Waals surface area contributed by atoms with Gasteiger partial charge >= 0.3 is 0 Å². The summed E-state index contributed by atoms with van der Waals surface area (Å²) < 4.78 is 11.9. The van der Waals surface area contributed by atoms with E-state index < -0.39 is 0 Å². The van der Waals surface area contributed by atoms with Gasteiger partial charge < -0.3 is 9.47 Å². The number of allylic oxidation sites excluding steroid dienone is 4. The Morgan fingerprint density at radius 1 is 0.962 bits per heavy atom. The Kier molecular flexibility index (Phi) is 5.27. The topological polar surface area (TPSA) is 35.5 Å². The number of ether oxygens (including phenoxy) is 2. The van der Waals surface area contributed by atoms with Crippen LogP contribution in [0.1, 0.15) is 41.8 Å². The number of rotatable bonds is 5. The quantitative estimate of drug-likeness (QED) is 0.607. The van der Waals surface area contributed by atoms with E-state index in [0.717, 1.165) is 46.1 Å². The first kappa shape index (κ1) is 18.0. The fraction of sp³-hybridized carbons (Fsp3) is 0.261. The van der Waals surface area contributed by atoms with Crippen LogP contribution in [-0.2, 0) is 0 Å². The largest absolute Gasteiger partial charge is 0.461 e. The van der Waals surface area contributed by atoms with E-state index in [-0.39, 0.29) is 5.78 Å². The van der Waals surface area contributed by atoms with Gasteiger partial charge in [0.2, 0.25) is 0 Å². The van der Waals surface area contributed by atoms with Gasteiger partial charge in [-0.1, -0.05) is 19.1 Å². The molecule has 2 aromatic carbocycles. The van der Waals surface area contributed by atoms with Crippen LogP contribution in [0.2, 0.25) is 0 Å². The summed E-state index contributed by atoms with van der Waals surface area (Å²) in [6.07, 6.45) is 7.20. The molecule has 3 heteroatoms. The third kappa shape index (κ3) is 4.05. The zero-order valence-corrected chi connectivity index (χ0v) is 15.7. The zero-order chi connectivity index (χ0) is 18.7. The molecule has 1 unspecified atom stereocenters. The van der Waals surface area contributed by atoms with Crippen molar-refractivity contribution in [1.82, 2.24) is 0 Å². The maximum absolute atomic E-state index is 11.7. The number of benzene rings is 2. The number of carbonyl (C=O) groups excluding carboxylic acids is 1. The summed E-state index contributed by atoms with van der Waals surface area (Å²) in [5.41, 5.74) is 2.63.